The Balaban J connectivity index is 1.31. The number of anilines is 2. The lowest BCUT2D eigenvalue weighted by Crippen LogP contribution is -2.15. The molecule has 1 saturated carbocycles. The first-order valence-electron chi connectivity index (χ1n) is 9.45. The maximum atomic E-state index is 12.4. The van der Waals surface area contributed by atoms with E-state index in [9.17, 15) is 9.59 Å². The molecule has 142 valence electrons. The lowest BCUT2D eigenvalue weighted by Gasteiger charge is -2.08. The van der Waals surface area contributed by atoms with Crippen molar-refractivity contribution in [3.05, 3.63) is 42.2 Å². The van der Waals surface area contributed by atoms with Crippen molar-refractivity contribution >= 4 is 23.2 Å². The van der Waals surface area contributed by atoms with Gasteiger partial charge in [-0.05, 0) is 49.4 Å². The standard InChI is InChI=1S/C20H24N4O3/c1-13-9-18(13)20(26)22-15-6-4-14(5-7-15)19(25)23-16-10-21-24(11-16)12-17-3-2-8-27-17/h4-7,10-11,13,17-18H,2-3,8-9,12H2,1H3,(H,22,26)(H,23,25). The Morgan fingerprint density at radius 1 is 1.22 bits per heavy atom. The highest BCUT2D eigenvalue weighted by atomic mass is 16.5. The van der Waals surface area contributed by atoms with Crippen molar-refractivity contribution in [2.45, 2.75) is 38.8 Å². The van der Waals surface area contributed by atoms with Crippen LogP contribution in [0.25, 0.3) is 0 Å². The quantitative estimate of drug-likeness (QED) is 0.821. The monoisotopic (exact) mass is 368 g/mol. The Morgan fingerprint density at radius 2 is 2.00 bits per heavy atom. The van der Waals surface area contributed by atoms with Crippen LogP contribution in [0.4, 0.5) is 11.4 Å². The highest BCUT2D eigenvalue weighted by Gasteiger charge is 2.39. The molecule has 7 heteroatoms. The largest absolute Gasteiger partial charge is 0.376 e. The van der Waals surface area contributed by atoms with Gasteiger partial charge < -0.3 is 15.4 Å². The first-order chi connectivity index (χ1) is 13.1. The number of aromatic nitrogens is 2. The molecular formula is C20H24N4O3. The SMILES string of the molecule is CC1CC1C(=O)Nc1ccc(C(=O)Nc2cnn(CC3CCCO3)c2)cc1. The molecule has 3 atom stereocenters. The molecule has 2 amide bonds. The number of amides is 2. The van der Waals surface area contributed by atoms with E-state index in [1.807, 2.05) is 6.20 Å². The summed E-state index contributed by atoms with van der Waals surface area (Å²) in [6, 6.07) is 6.91. The number of nitrogens with one attached hydrogen (secondary N) is 2. The molecule has 1 aromatic carbocycles. The van der Waals surface area contributed by atoms with Gasteiger partial charge in [-0.25, -0.2) is 0 Å². The molecule has 1 aliphatic carbocycles. The molecule has 2 aliphatic rings. The first-order valence-corrected chi connectivity index (χ1v) is 9.45. The smallest absolute Gasteiger partial charge is 0.255 e. The van der Waals surface area contributed by atoms with E-state index in [1.54, 1.807) is 35.1 Å². The third-order valence-corrected chi connectivity index (χ3v) is 5.17. The number of rotatable bonds is 6. The number of carbonyl (C=O) groups is 2. The zero-order chi connectivity index (χ0) is 18.8. The van der Waals surface area contributed by atoms with E-state index in [0.717, 1.165) is 25.9 Å². The normalized spacial score (nSPS) is 23.8. The Morgan fingerprint density at radius 3 is 2.67 bits per heavy atom. The molecule has 1 aliphatic heterocycles. The van der Waals surface area contributed by atoms with Gasteiger partial charge in [0.1, 0.15) is 0 Å². The van der Waals surface area contributed by atoms with Gasteiger partial charge in [0, 0.05) is 30.0 Å². The van der Waals surface area contributed by atoms with Crippen molar-refractivity contribution in [3.63, 3.8) is 0 Å². The van der Waals surface area contributed by atoms with Crippen LogP contribution in [0.2, 0.25) is 0 Å². The fourth-order valence-electron chi connectivity index (χ4n) is 3.36. The molecule has 0 spiro atoms. The van der Waals surface area contributed by atoms with Crippen LogP contribution in [0.1, 0.15) is 36.5 Å². The summed E-state index contributed by atoms with van der Waals surface area (Å²) in [5.41, 5.74) is 1.89. The average molecular weight is 368 g/mol. The molecule has 0 radical (unpaired) electrons. The summed E-state index contributed by atoms with van der Waals surface area (Å²) in [5.74, 6) is 0.439. The zero-order valence-electron chi connectivity index (χ0n) is 15.4. The van der Waals surface area contributed by atoms with Gasteiger partial charge in [0.25, 0.3) is 5.91 Å². The topological polar surface area (TPSA) is 85.3 Å². The molecule has 27 heavy (non-hydrogen) atoms. The summed E-state index contributed by atoms with van der Waals surface area (Å²) in [4.78, 5) is 24.4. The van der Waals surface area contributed by atoms with E-state index in [4.69, 9.17) is 4.74 Å². The highest BCUT2D eigenvalue weighted by Crippen LogP contribution is 2.38. The van der Waals surface area contributed by atoms with Gasteiger partial charge in [-0.2, -0.15) is 5.10 Å². The maximum Gasteiger partial charge on any atom is 0.255 e. The van der Waals surface area contributed by atoms with E-state index < -0.39 is 0 Å². The second kappa shape index (κ2) is 7.52. The second-order valence-electron chi connectivity index (χ2n) is 7.43. The predicted molar refractivity (Wildman–Crippen MR) is 101 cm³/mol. The zero-order valence-corrected chi connectivity index (χ0v) is 15.4. The van der Waals surface area contributed by atoms with Crippen LogP contribution in [0.5, 0.6) is 0 Å². The van der Waals surface area contributed by atoms with Crippen LogP contribution < -0.4 is 10.6 Å². The first kappa shape index (κ1) is 17.7. The number of ether oxygens (including phenoxy) is 1. The maximum absolute atomic E-state index is 12.4. The molecule has 2 heterocycles. The van der Waals surface area contributed by atoms with Crippen molar-refractivity contribution in [2.24, 2.45) is 11.8 Å². The molecule has 7 nitrogen and oxygen atoms in total. The minimum absolute atomic E-state index is 0.0540. The second-order valence-corrected chi connectivity index (χ2v) is 7.43. The molecule has 2 fully saturated rings. The average Bonchev–Trinajstić information content (AvgIpc) is 3.02. The number of benzene rings is 1. The minimum Gasteiger partial charge on any atom is -0.376 e. The third kappa shape index (κ3) is 4.36. The number of nitrogens with zero attached hydrogens (tertiary/aromatic N) is 2. The molecular weight excluding hydrogens is 344 g/mol. The summed E-state index contributed by atoms with van der Waals surface area (Å²) < 4.78 is 7.40. The van der Waals surface area contributed by atoms with Crippen LogP contribution >= 0.6 is 0 Å². The summed E-state index contributed by atoms with van der Waals surface area (Å²) in [6.45, 7) is 3.58. The fraction of sp³-hybridized carbons (Fsp3) is 0.450. The van der Waals surface area contributed by atoms with Crippen molar-refractivity contribution in [3.8, 4) is 0 Å². The van der Waals surface area contributed by atoms with Crippen LogP contribution in [-0.2, 0) is 16.1 Å². The number of hydrogen-bond donors (Lipinski definition) is 2. The summed E-state index contributed by atoms with van der Waals surface area (Å²) >= 11 is 0. The Labute approximate surface area is 158 Å². The molecule has 1 aromatic heterocycles. The number of hydrogen-bond acceptors (Lipinski definition) is 4. The highest BCUT2D eigenvalue weighted by molar-refractivity contribution is 6.04. The van der Waals surface area contributed by atoms with E-state index in [0.29, 0.717) is 29.4 Å². The van der Waals surface area contributed by atoms with Gasteiger partial charge >= 0.3 is 0 Å². The molecule has 3 unspecified atom stereocenters. The molecule has 2 N–H and O–H groups in total. The van der Waals surface area contributed by atoms with Gasteiger partial charge in [-0.15, -0.1) is 0 Å². The Bertz CT molecular complexity index is 824. The lowest BCUT2D eigenvalue weighted by atomic mass is 10.2. The predicted octanol–water partition coefficient (Wildman–Crippen LogP) is 2.91. The van der Waals surface area contributed by atoms with Gasteiger partial charge in [-0.1, -0.05) is 6.92 Å². The van der Waals surface area contributed by atoms with Crippen LogP contribution in [-0.4, -0.2) is 34.3 Å². The van der Waals surface area contributed by atoms with Crippen molar-refractivity contribution in [2.75, 3.05) is 17.2 Å². The Hall–Kier alpha value is -2.67. The van der Waals surface area contributed by atoms with E-state index >= 15 is 0 Å². The molecule has 2 aromatic rings. The fourth-order valence-corrected chi connectivity index (χ4v) is 3.36. The third-order valence-electron chi connectivity index (χ3n) is 5.17. The van der Waals surface area contributed by atoms with Crippen molar-refractivity contribution < 1.29 is 14.3 Å². The van der Waals surface area contributed by atoms with Gasteiger partial charge in [0.05, 0.1) is 24.5 Å². The lowest BCUT2D eigenvalue weighted by molar-refractivity contribution is -0.117. The molecule has 1 saturated heterocycles. The van der Waals surface area contributed by atoms with Crippen LogP contribution in [0, 0.1) is 11.8 Å². The van der Waals surface area contributed by atoms with E-state index in [2.05, 4.69) is 22.7 Å². The molecule has 4 rings (SSSR count). The minimum atomic E-state index is -0.208. The van der Waals surface area contributed by atoms with Crippen LogP contribution in [0.15, 0.2) is 36.7 Å². The molecule has 0 bridgehead atoms. The summed E-state index contributed by atoms with van der Waals surface area (Å²) in [6.07, 6.45) is 6.74. The van der Waals surface area contributed by atoms with E-state index in [-0.39, 0.29) is 23.8 Å². The van der Waals surface area contributed by atoms with Crippen LogP contribution in [0.3, 0.4) is 0 Å². The Kier molecular flexibility index (Phi) is 4.94. The summed E-state index contributed by atoms with van der Waals surface area (Å²) in [5, 5.41) is 10.0. The van der Waals surface area contributed by atoms with Crippen molar-refractivity contribution in [1.29, 1.82) is 0 Å². The van der Waals surface area contributed by atoms with Gasteiger partial charge in [0.2, 0.25) is 5.91 Å². The summed E-state index contributed by atoms with van der Waals surface area (Å²) in [7, 11) is 0. The number of carbonyl (C=O) groups excluding carboxylic acids is 2. The van der Waals surface area contributed by atoms with Gasteiger partial charge in [-0.3, -0.25) is 14.3 Å². The van der Waals surface area contributed by atoms with Crippen molar-refractivity contribution in [1.82, 2.24) is 9.78 Å². The van der Waals surface area contributed by atoms with E-state index in [1.165, 1.54) is 0 Å². The van der Waals surface area contributed by atoms with Gasteiger partial charge in [0.15, 0.2) is 0 Å².